The van der Waals surface area contributed by atoms with Gasteiger partial charge < -0.3 is 14.6 Å². The molecule has 2 aromatic carbocycles. The van der Waals surface area contributed by atoms with Crippen molar-refractivity contribution in [2.45, 2.75) is 20.8 Å². The maximum Gasteiger partial charge on any atom is 0.266 e. The van der Waals surface area contributed by atoms with Crippen molar-refractivity contribution in [3.05, 3.63) is 82.1 Å². The maximum atomic E-state index is 12.6. The van der Waals surface area contributed by atoms with Crippen molar-refractivity contribution in [2.24, 2.45) is 0 Å². The van der Waals surface area contributed by atoms with Crippen LogP contribution in [0.2, 0.25) is 5.02 Å². The third-order valence-electron chi connectivity index (χ3n) is 4.66. The molecule has 0 spiro atoms. The predicted molar refractivity (Wildman–Crippen MR) is 120 cm³/mol. The number of halogens is 1. The Morgan fingerprint density at radius 2 is 1.90 bits per heavy atom. The Bertz CT molecular complexity index is 1140. The number of ether oxygens (including phenoxy) is 1. The number of carbonyl (C=O) groups excluding carboxylic acids is 1. The summed E-state index contributed by atoms with van der Waals surface area (Å²) >= 11 is 6.10. The van der Waals surface area contributed by atoms with Gasteiger partial charge in [0.2, 0.25) is 0 Å². The SMILES string of the molecule is CCOc1ccc(-n2c(C)cc(/C=C(/C#N)C(=O)Nc3ccccc3Cl)c2C)cc1. The molecule has 3 aromatic rings. The smallest absolute Gasteiger partial charge is 0.266 e. The largest absolute Gasteiger partial charge is 0.494 e. The molecule has 1 heterocycles. The van der Waals surface area contributed by atoms with Gasteiger partial charge in [-0.1, -0.05) is 23.7 Å². The van der Waals surface area contributed by atoms with Gasteiger partial charge in [0, 0.05) is 17.1 Å². The lowest BCUT2D eigenvalue weighted by molar-refractivity contribution is -0.112. The highest BCUT2D eigenvalue weighted by Crippen LogP contribution is 2.25. The van der Waals surface area contributed by atoms with E-state index in [1.54, 1.807) is 30.3 Å². The molecular formula is C24H22ClN3O2. The molecule has 0 radical (unpaired) electrons. The summed E-state index contributed by atoms with van der Waals surface area (Å²) in [5.41, 5.74) is 4.16. The zero-order valence-corrected chi connectivity index (χ0v) is 17.8. The minimum Gasteiger partial charge on any atom is -0.494 e. The molecule has 0 saturated heterocycles. The number of nitrogens with zero attached hydrogens (tertiary/aromatic N) is 2. The second-order valence-electron chi connectivity index (χ2n) is 6.69. The summed E-state index contributed by atoms with van der Waals surface area (Å²) in [6.45, 7) is 6.50. The summed E-state index contributed by atoms with van der Waals surface area (Å²) in [5, 5.41) is 12.6. The zero-order valence-electron chi connectivity index (χ0n) is 17.1. The fraction of sp³-hybridized carbons (Fsp3) is 0.167. The van der Waals surface area contributed by atoms with Gasteiger partial charge in [-0.3, -0.25) is 4.79 Å². The molecule has 3 rings (SSSR count). The Labute approximate surface area is 181 Å². The fourth-order valence-corrected chi connectivity index (χ4v) is 3.43. The highest BCUT2D eigenvalue weighted by atomic mass is 35.5. The van der Waals surface area contributed by atoms with Gasteiger partial charge in [-0.25, -0.2) is 0 Å². The minimum absolute atomic E-state index is 0.00173. The number of rotatable bonds is 6. The summed E-state index contributed by atoms with van der Waals surface area (Å²) in [7, 11) is 0. The Morgan fingerprint density at radius 3 is 2.53 bits per heavy atom. The highest BCUT2D eigenvalue weighted by Gasteiger charge is 2.15. The molecule has 0 bridgehead atoms. The number of hydrogen-bond acceptors (Lipinski definition) is 3. The lowest BCUT2D eigenvalue weighted by atomic mass is 10.1. The average molecular weight is 420 g/mol. The number of nitrogens with one attached hydrogen (secondary N) is 1. The second-order valence-corrected chi connectivity index (χ2v) is 7.10. The molecule has 0 fully saturated rings. The lowest BCUT2D eigenvalue weighted by Crippen LogP contribution is -2.13. The first-order valence-electron chi connectivity index (χ1n) is 9.54. The van der Waals surface area contributed by atoms with E-state index in [9.17, 15) is 10.1 Å². The molecule has 0 saturated carbocycles. The number of benzene rings is 2. The molecule has 0 aliphatic rings. The summed E-state index contributed by atoms with van der Waals surface area (Å²) in [6.07, 6.45) is 1.60. The first kappa shape index (κ1) is 21.2. The molecule has 6 heteroatoms. The summed E-state index contributed by atoms with van der Waals surface area (Å²) < 4.78 is 7.58. The van der Waals surface area contributed by atoms with Gasteiger partial charge >= 0.3 is 0 Å². The van der Waals surface area contributed by atoms with Gasteiger partial charge in [-0.05, 0) is 74.9 Å². The average Bonchev–Trinajstić information content (AvgIpc) is 3.01. The second kappa shape index (κ2) is 9.34. The standard InChI is InChI=1S/C24H22ClN3O2/c1-4-30-21-11-9-20(10-12-21)28-16(2)13-18(17(28)3)14-19(15-26)24(29)27-23-8-6-5-7-22(23)25/h5-14H,4H2,1-3H3,(H,27,29)/b19-14-. The normalized spacial score (nSPS) is 11.1. The van der Waals surface area contributed by atoms with Crippen LogP contribution in [0, 0.1) is 25.2 Å². The van der Waals surface area contributed by atoms with Crippen molar-refractivity contribution in [1.29, 1.82) is 5.26 Å². The van der Waals surface area contributed by atoms with Crippen LogP contribution >= 0.6 is 11.6 Å². The van der Waals surface area contributed by atoms with E-state index in [1.807, 2.05) is 57.2 Å². The van der Waals surface area contributed by atoms with Crippen LogP contribution in [0.1, 0.15) is 23.9 Å². The lowest BCUT2D eigenvalue weighted by Gasteiger charge is -2.11. The first-order valence-corrected chi connectivity index (χ1v) is 9.92. The minimum atomic E-state index is -0.503. The van der Waals surface area contributed by atoms with Gasteiger partial charge in [-0.2, -0.15) is 5.26 Å². The van der Waals surface area contributed by atoms with Gasteiger partial charge in [-0.15, -0.1) is 0 Å². The van der Waals surface area contributed by atoms with Crippen LogP contribution in [-0.4, -0.2) is 17.1 Å². The van der Waals surface area contributed by atoms with E-state index in [-0.39, 0.29) is 5.57 Å². The highest BCUT2D eigenvalue weighted by molar-refractivity contribution is 6.34. The number of anilines is 1. The molecular weight excluding hydrogens is 398 g/mol. The number of amides is 1. The molecule has 1 N–H and O–H groups in total. The summed E-state index contributed by atoms with van der Waals surface area (Å²) in [4.78, 5) is 12.6. The van der Waals surface area contributed by atoms with Crippen LogP contribution in [0.4, 0.5) is 5.69 Å². The van der Waals surface area contributed by atoms with Gasteiger partial charge in [0.05, 0.1) is 17.3 Å². The van der Waals surface area contributed by atoms with Crippen molar-refractivity contribution < 1.29 is 9.53 Å². The van der Waals surface area contributed by atoms with Crippen molar-refractivity contribution >= 4 is 29.3 Å². The number of carbonyl (C=O) groups is 1. The molecule has 5 nitrogen and oxygen atoms in total. The molecule has 0 unspecified atom stereocenters. The molecule has 1 amide bonds. The molecule has 1 aromatic heterocycles. The monoisotopic (exact) mass is 419 g/mol. The van der Waals surface area contributed by atoms with Crippen molar-refractivity contribution in [1.82, 2.24) is 4.57 Å². The Hall–Kier alpha value is -3.49. The van der Waals surface area contributed by atoms with Crippen LogP contribution < -0.4 is 10.1 Å². The van der Waals surface area contributed by atoms with E-state index in [1.165, 1.54) is 0 Å². The third kappa shape index (κ3) is 4.56. The topological polar surface area (TPSA) is 67.0 Å². The van der Waals surface area contributed by atoms with Crippen LogP contribution in [0.25, 0.3) is 11.8 Å². The molecule has 0 aliphatic heterocycles. The van der Waals surface area contributed by atoms with Crippen molar-refractivity contribution in [3.8, 4) is 17.5 Å². The fourth-order valence-electron chi connectivity index (χ4n) is 3.25. The van der Waals surface area contributed by atoms with E-state index >= 15 is 0 Å². The van der Waals surface area contributed by atoms with Crippen LogP contribution in [0.15, 0.2) is 60.2 Å². The quantitative estimate of drug-likeness (QED) is 0.412. The predicted octanol–water partition coefficient (Wildman–Crippen LogP) is 5.69. The van der Waals surface area contributed by atoms with Crippen LogP contribution in [0.3, 0.4) is 0 Å². The molecule has 30 heavy (non-hydrogen) atoms. The Kier molecular flexibility index (Phi) is 6.61. The van der Waals surface area contributed by atoms with Crippen molar-refractivity contribution in [2.75, 3.05) is 11.9 Å². The Morgan fingerprint density at radius 1 is 1.20 bits per heavy atom. The number of para-hydroxylation sites is 1. The Balaban J connectivity index is 1.90. The molecule has 152 valence electrons. The van der Waals surface area contributed by atoms with Gasteiger partial charge in [0.1, 0.15) is 17.4 Å². The van der Waals surface area contributed by atoms with E-state index < -0.39 is 5.91 Å². The van der Waals surface area contributed by atoms with E-state index in [0.29, 0.717) is 17.3 Å². The first-order chi connectivity index (χ1) is 14.4. The third-order valence-corrected chi connectivity index (χ3v) is 4.99. The van der Waals surface area contributed by atoms with Crippen LogP contribution in [-0.2, 0) is 4.79 Å². The number of nitriles is 1. The number of hydrogen-bond donors (Lipinski definition) is 1. The summed E-state index contributed by atoms with van der Waals surface area (Å²) in [6, 6.07) is 18.6. The molecule has 0 aliphatic carbocycles. The van der Waals surface area contributed by atoms with Crippen LogP contribution in [0.5, 0.6) is 5.75 Å². The summed E-state index contributed by atoms with van der Waals surface area (Å²) in [5.74, 6) is 0.309. The van der Waals surface area contributed by atoms with E-state index in [4.69, 9.17) is 16.3 Å². The maximum absolute atomic E-state index is 12.6. The molecule has 0 atom stereocenters. The number of aromatic nitrogens is 1. The zero-order chi connectivity index (χ0) is 21.7. The van der Waals surface area contributed by atoms with Gasteiger partial charge in [0.25, 0.3) is 5.91 Å². The number of aryl methyl sites for hydroxylation is 1. The van der Waals surface area contributed by atoms with Crippen molar-refractivity contribution in [3.63, 3.8) is 0 Å². The van der Waals surface area contributed by atoms with E-state index in [2.05, 4.69) is 9.88 Å². The van der Waals surface area contributed by atoms with Gasteiger partial charge in [0.15, 0.2) is 0 Å². The van der Waals surface area contributed by atoms with E-state index in [0.717, 1.165) is 28.4 Å².